The SMILES string of the molecule is C#CC(CCC)c1ccc2ccccc2n1. The molecule has 2 aromatic rings. The lowest BCUT2D eigenvalue weighted by Gasteiger charge is -2.09. The largest absolute Gasteiger partial charge is 0.252 e. The molecule has 80 valence electrons. The van der Waals surface area contributed by atoms with Crippen LogP contribution >= 0.6 is 0 Å². The number of para-hydroxylation sites is 1. The molecule has 0 aliphatic rings. The van der Waals surface area contributed by atoms with Crippen LogP contribution in [0.3, 0.4) is 0 Å². The van der Waals surface area contributed by atoms with Crippen LogP contribution in [0.1, 0.15) is 31.4 Å². The number of terminal acetylenes is 1. The van der Waals surface area contributed by atoms with Crippen molar-refractivity contribution in [1.82, 2.24) is 4.98 Å². The Hall–Kier alpha value is -1.81. The van der Waals surface area contributed by atoms with E-state index in [0.717, 1.165) is 24.1 Å². The zero-order valence-electron chi connectivity index (χ0n) is 9.48. The van der Waals surface area contributed by atoms with Crippen LogP contribution in [0.2, 0.25) is 0 Å². The van der Waals surface area contributed by atoms with Gasteiger partial charge in [0.1, 0.15) is 0 Å². The molecule has 0 amide bonds. The van der Waals surface area contributed by atoms with Crippen LogP contribution in [0.15, 0.2) is 36.4 Å². The van der Waals surface area contributed by atoms with Crippen LogP contribution in [0, 0.1) is 12.3 Å². The Morgan fingerprint density at radius 1 is 1.25 bits per heavy atom. The van der Waals surface area contributed by atoms with Crippen LogP contribution in [0.4, 0.5) is 0 Å². The van der Waals surface area contributed by atoms with Crippen LogP contribution in [0.25, 0.3) is 10.9 Å². The molecule has 0 radical (unpaired) electrons. The quantitative estimate of drug-likeness (QED) is 0.701. The predicted molar refractivity (Wildman–Crippen MR) is 68.2 cm³/mol. The predicted octanol–water partition coefficient (Wildman–Crippen LogP) is 3.75. The van der Waals surface area contributed by atoms with Gasteiger partial charge in [0.15, 0.2) is 0 Å². The van der Waals surface area contributed by atoms with Crippen LogP contribution in [-0.4, -0.2) is 4.98 Å². The minimum atomic E-state index is 0.148. The van der Waals surface area contributed by atoms with E-state index >= 15 is 0 Å². The molecule has 1 heterocycles. The molecule has 0 aliphatic heterocycles. The smallest absolute Gasteiger partial charge is 0.0705 e. The van der Waals surface area contributed by atoms with Gasteiger partial charge in [-0.2, -0.15) is 0 Å². The Labute approximate surface area is 96.5 Å². The van der Waals surface area contributed by atoms with Crippen molar-refractivity contribution >= 4 is 10.9 Å². The molecule has 1 aromatic heterocycles. The lowest BCUT2D eigenvalue weighted by molar-refractivity contribution is 0.719. The van der Waals surface area contributed by atoms with E-state index < -0.39 is 0 Å². The molecule has 1 nitrogen and oxygen atoms in total. The molecule has 2 rings (SSSR count). The number of hydrogen-bond acceptors (Lipinski definition) is 1. The Morgan fingerprint density at radius 2 is 2.06 bits per heavy atom. The number of fused-ring (bicyclic) bond motifs is 1. The van der Waals surface area contributed by atoms with Gasteiger partial charge in [-0.1, -0.05) is 43.5 Å². The molecule has 0 N–H and O–H groups in total. The molecule has 0 bridgehead atoms. The molecule has 1 unspecified atom stereocenters. The molecular formula is C15H15N. The second-order valence-corrected chi connectivity index (χ2v) is 3.94. The monoisotopic (exact) mass is 209 g/mol. The summed E-state index contributed by atoms with van der Waals surface area (Å²) in [5.74, 6) is 2.97. The third kappa shape index (κ3) is 2.06. The van der Waals surface area contributed by atoms with Gasteiger partial charge in [0.25, 0.3) is 0 Å². The van der Waals surface area contributed by atoms with Crippen molar-refractivity contribution in [3.8, 4) is 12.3 Å². The summed E-state index contributed by atoms with van der Waals surface area (Å²) in [7, 11) is 0. The molecule has 0 saturated carbocycles. The Morgan fingerprint density at radius 3 is 2.81 bits per heavy atom. The summed E-state index contributed by atoms with van der Waals surface area (Å²) in [6.07, 6.45) is 7.63. The fourth-order valence-corrected chi connectivity index (χ4v) is 1.88. The topological polar surface area (TPSA) is 12.9 Å². The van der Waals surface area contributed by atoms with Gasteiger partial charge in [-0.05, 0) is 18.6 Å². The average molecular weight is 209 g/mol. The maximum Gasteiger partial charge on any atom is 0.0705 e. The van der Waals surface area contributed by atoms with Gasteiger partial charge < -0.3 is 0 Å². The summed E-state index contributed by atoms with van der Waals surface area (Å²) in [6, 6.07) is 12.3. The summed E-state index contributed by atoms with van der Waals surface area (Å²) in [5.41, 5.74) is 2.04. The van der Waals surface area contributed by atoms with Crippen LogP contribution in [-0.2, 0) is 0 Å². The zero-order chi connectivity index (χ0) is 11.4. The Balaban J connectivity index is 2.42. The number of hydrogen-bond donors (Lipinski definition) is 0. The molecule has 1 aromatic carbocycles. The molecule has 0 spiro atoms. The summed E-state index contributed by atoms with van der Waals surface area (Å²) in [4.78, 5) is 4.62. The zero-order valence-corrected chi connectivity index (χ0v) is 9.48. The maximum absolute atomic E-state index is 5.54. The van der Waals surface area contributed by atoms with Gasteiger partial charge in [0.2, 0.25) is 0 Å². The first-order valence-corrected chi connectivity index (χ1v) is 5.67. The van der Waals surface area contributed by atoms with Gasteiger partial charge in [-0.15, -0.1) is 6.42 Å². The van der Waals surface area contributed by atoms with E-state index in [1.807, 2.05) is 24.3 Å². The number of rotatable bonds is 3. The van der Waals surface area contributed by atoms with E-state index in [0.29, 0.717) is 0 Å². The lowest BCUT2D eigenvalue weighted by Crippen LogP contribution is -1.98. The Bertz CT molecular complexity index is 522. The van der Waals surface area contributed by atoms with Crippen molar-refractivity contribution in [2.24, 2.45) is 0 Å². The van der Waals surface area contributed by atoms with Crippen molar-refractivity contribution in [2.45, 2.75) is 25.7 Å². The van der Waals surface area contributed by atoms with Crippen molar-refractivity contribution < 1.29 is 0 Å². The molecule has 0 aliphatic carbocycles. The Kier molecular flexibility index (Phi) is 3.22. The van der Waals surface area contributed by atoms with Crippen molar-refractivity contribution in [3.63, 3.8) is 0 Å². The summed E-state index contributed by atoms with van der Waals surface area (Å²) in [6.45, 7) is 2.14. The molecule has 16 heavy (non-hydrogen) atoms. The second kappa shape index (κ2) is 4.81. The van der Waals surface area contributed by atoms with Crippen LogP contribution in [0.5, 0.6) is 0 Å². The van der Waals surface area contributed by atoms with Gasteiger partial charge in [-0.3, -0.25) is 4.98 Å². The first-order chi connectivity index (χ1) is 7.85. The van der Waals surface area contributed by atoms with Crippen molar-refractivity contribution in [3.05, 3.63) is 42.1 Å². The van der Waals surface area contributed by atoms with Gasteiger partial charge in [0.05, 0.1) is 17.1 Å². The molecular weight excluding hydrogens is 194 g/mol. The molecule has 1 heteroatoms. The molecule has 1 atom stereocenters. The lowest BCUT2D eigenvalue weighted by atomic mass is 9.99. The number of benzene rings is 1. The van der Waals surface area contributed by atoms with E-state index in [2.05, 4.69) is 30.0 Å². The normalized spacial score (nSPS) is 12.2. The van der Waals surface area contributed by atoms with Crippen LogP contribution < -0.4 is 0 Å². The second-order valence-electron chi connectivity index (χ2n) is 3.94. The number of nitrogens with zero attached hydrogens (tertiary/aromatic N) is 1. The van der Waals surface area contributed by atoms with Gasteiger partial charge >= 0.3 is 0 Å². The minimum absolute atomic E-state index is 0.148. The summed E-state index contributed by atoms with van der Waals surface area (Å²) in [5, 5.41) is 1.17. The highest BCUT2D eigenvalue weighted by molar-refractivity contribution is 5.78. The third-order valence-electron chi connectivity index (χ3n) is 2.76. The first kappa shape index (κ1) is 10.7. The number of pyridine rings is 1. The van der Waals surface area contributed by atoms with E-state index in [1.165, 1.54) is 5.39 Å². The molecule has 0 saturated heterocycles. The first-order valence-electron chi connectivity index (χ1n) is 5.67. The highest BCUT2D eigenvalue weighted by Crippen LogP contribution is 2.21. The van der Waals surface area contributed by atoms with Gasteiger partial charge in [0, 0.05) is 5.39 Å². The highest BCUT2D eigenvalue weighted by atomic mass is 14.7. The van der Waals surface area contributed by atoms with Crippen molar-refractivity contribution in [1.29, 1.82) is 0 Å². The van der Waals surface area contributed by atoms with Crippen molar-refractivity contribution in [2.75, 3.05) is 0 Å². The maximum atomic E-state index is 5.54. The van der Waals surface area contributed by atoms with Gasteiger partial charge in [-0.25, -0.2) is 0 Å². The fraction of sp³-hybridized carbons (Fsp3) is 0.267. The third-order valence-corrected chi connectivity index (χ3v) is 2.76. The fourth-order valence-electron chi connectivity index (χ4n) is 1.88. The number of aromatic nitrogens is 1. The summed E-state index contributed by atoms with van der Waals surface area (Å²) < 4.78 is 0. The standard InChI is InChI=1S/C15H15N/c1-3-7-12(4-2)15-11-10-13-8-5-6-9-14(13)16-15/h2,5-6,8-12H,3,7H2,1H3. The minimum Gasteiger partial charge on any atom is -0.252 e. The molecule has 0 fully saturated rings. The van der Waals surface area contributed by atoms with E-state index in [-0.39, 0.29) is 5.92 Å². The summed E-state index contributed by atoms with van der Waals surface area (Å²) >= 11 is 0. The average Bonchev–Trinajstić information content (AvgIpc) is 2.35. The van der Waals surface area contributed by atoms with E-state index in [9.17, 15) is 0 Å². The van der Waals surface area contributed by atoms with E-state index in [4.69, 9.17) is 6.42 Å². The van der Waals surface area contributed by atoms with E-state index in [1.54, 1.807) is 0 Å². The highest BCUT2D eigenvalue weighted by Gasteiger charge is 2.08.